The molecule has 168 valence electrons. The molecule has 0 bridgehead atoms. The van der Waals surface area contributed by atoms with Gasteiger partial charge in [0, 0.05) is 0 Å². The molecule has 0 aromatic carbocycles. The summed E-state index contributed by atoms with van der Waals surface area (Å²) in [5.74, 6) is 8.02. The fourth-order valence-electron chi connectivity index (χ4n) is 9.96. The smallest absolute Gasteiger partial charge is 0.0264 e. The Morgan fingerprint density at radius 2 is 1.52 bits per heavy atom. The van der Waals surface area contributed by atoms with Gasteiger partial charge in [-0.15, -0.1) is 0 Å². The molecule has 0 N–H and O–H groups in total. The van der Waals surface area contributed by atoms with E-state index in [1.807, 2.05) is 0 Å². The molecule has 0 radical (unpaired) electrons. The average molecular weight is 401 g/mol. The van der Waals surface area contributed by atoms with E-state index in [4.69, 9.17) is 0 Å². The molecule has 4 aliphatic rings. The highest BCUT2D eigenvalue weighted by molar-refractivity contribution is 5.09. The standard InChI is InChI=1S/C29H52/c1-7-22(20(2)3)12-11-21(4)25-15-16-26-24-14-13-23-10-8-9-18-28(23,5)27(24)17-19-29(25,26)6/h20-27H,7-19H2,1-6H3/t21-,22?,23+,24+,25-,26+,27+,28+,29-/m1/s1. The summed E-state index contributed by atoms with van der Waals surface area (Å²) in [6.07, 6.45) is 19.8. The number of hydrogen-bond acceptors (Lipinski definition) is 0. The van der Waals surface area contributed by atoms with E-state index in [1.54, 1.807) is 51.4 Å². The van der Waals surface area contributed by atoms with Crippen molar-refractivity contribution < 1.29 is 0 Å². The van der Waals surface area contributed by atoms with Crippen molar-refractivity contribution in [2.75, 3.05) is 0 Å². The molecule has 0 spiro atoms. The molecule has 0 aromatic rings. The summed E-state index contributed by atoms with van der Waals surface area (Å²) in [4.78, 5) is 0. The van der Waals surface area contributed by atoms with Crippen LogP contribution in [0.3, 0.4) is 0 Å². The van der Waals surface area contributed by atoms with E-state index >= 15 is 0 Å². The van der Waals surface area contributed by atoms with E-state index < -0.39 is 0 Å². The van der Waals surface area contributed by atoms with Crippen molar-refractivity contribution >= 4 is 0 Å². The van der Waals surface area contributed by atoms with E-state index in [0.717, 1.165) is 47.3 Å². The summed E-state index contributed by atoms with van der Waals surface area (Å²) in [6.45, 7) is 15.4. The summed E-state index contributed by atoms with van der Waals surface area (Å²) in [5.41, 5.74) is 1.37. The van der Waals surface area contributed by atoms with Gasteiger partial charge in [-0.1, -0.05) is 67.2 Å². The van der Waals surface area contributed by atoms with Crippen LogP contribution in [0.4, 0.5) is 0 Å². The fourth-order valence-corrected chi connectivity index (χ4v) is 9.96. The Bertz CT molecular complexity index is 548. The third kappa shape index (κ3) is 3.75. The molecule has 4 saturated carbocycles. The zero-order valence-electron chi connectivity index (χ0n) is 20.8. The van der Waals surface area contributed by atoms with E-state index in [9.17, 15) is 0 Å². The molecule has 0 aromatic heterocycles. The van der Waals surface area contributed by atoms with Crippen LogP contribution in [0, 0.1) is 58.2 Å². The van der Waals surface area contributed by atoms with Crippen molar-refractivity contribution in [3.05, 3.63) is 0 Å². The van der Waals surface area contributed by atoms with Gasteiger partial charge in [-0.25, -0.2) is 0 Å². The molecule has 4 fully saturated rings. The molecular formula is C29H52. The molecule has 9 atom stereocenters. The van der Waals surface area contributed by atoms with E-state index in [2.05, 4.69) is 41.5 Å². The van der Waals surface area contributed by atoms with E-state index in [-0.39, 0.29) is 0 Å². The van der Waals surface area contributed by atoms with Crippen LogP contribution in [0.1, 0.15) is 125 Å². The molecule has 1 unspecified atom stereocenters. The number of hydrogen-bond donors (Lipinski definition) is 0. The highest BCUT2D eigenvalue weighted by atomic mass is 14.6. The maximum atomic E-state index is 2.76. The first kappa shape index (κ1) is 22.2. The monoisotopic (exact) mass is 400 g/mol. The maximum Gasteiger partial charge on any atom is -0.0264 e. The SMILES string of the molecule is CCC(CC[C@@H](C)[C@H]1CC[C@H]2[C@@H]3CC[C@@H]4CCCC[C@]4(C)[C@H]3CC[C@]12C)C(C)C. The van der Waals surface area contributed by atoms with Gasteiger partial charge < -0.3 is 0 Å². The largest absolute Gasteiger partial charge is 0.0651 e. The Labute approximate surface area is 183 Å². The van der Waals surface area contributed by atoms with E-state index in [0.29, 0.717) is 10.8 Å². The second-order valence-electron chi connectivity index (χ2n) is 13.1. The van der Waals surface area contributed by atoms with Crippen LogP contribution in [0.2, 0.25) is 0 Å². The molecule has 4 aliphatic carbocycles. The Balaban J connectivity index is 1.45. The van der Waals surface area contributed by atoms with Gasteiger partial charge in [0.2, 0.25) is 0 Å². The quantitative estimate of drug-likeness (QED) is 0.417. The van der Waals surface area contributed by atoms with Crippen LogP contribution >= 0.6 is 0 Å². The molecule has 0 nitrogen and oxygen atoms in total. The summed E-state index contributed by atoms with van der Waals surface area (Å²) >= 11 is 0. The van der Waals surface area contributed by atoms with Crippen LogP contribution in [0.15, 0.2) is 0 Å². The Morgan fingerprint density at radius 3 is 2.24 bits per heavy atom. The molecular weight excluding hydrogens is 348 g/mol. The topological polar surface area (TPSA) is 0 Å². The molecule has 0 heteroatoms. The minimum absolute atomic E-state index is 0.665. The Kier molecular flexibility index (Phi) is 6.51. The van der Waals surface area contributed by atoms with Crippen molar-refractivity contribution in [3.8, 4) is 0 Å². The van der Waals surface area contributed by atoms with Crippen molar-refractivity contribution in [1.82, 2.24) is 0 Å². The Hall–Kier alpha value is 0. The average Bonchev–Trinajstić information content (AvgIpc) is 3.05. The predicted octanol–water partition coefficient (Wildman–Crippen LogP) is 9.13. The van der Waals surface area contributed by atoms with Gasteiger partial charge in [0.15, 0.2) is 0 Å². The lowest BCUT2D eigenvalue weighted by atomic mass is 9.44. The zero-order valence-corrected chi connectivity index (χ0v) is 20.8. The molecule has 4 rings (SSSR count). The molecule has 0 aliphatic heterocycles. The molecule has 0 heterocycles. The van der Waals surface area contributed by atoms with Crippen molar-refractivity contribution in [1.29, 1.82) is 0 Å². The lowest BCUT2D eigenvalue weighted by Crippen LogP contribution is -2.53. The van der Waals surface area contributed by atoms with Crippen molar-refractivity contribution in [2.45, 2.75) is 125 Å². The minimum Gasteiger partial charge on any atom is -0.0651 e. The van der Waals surface area contributed by atoms with Crippen LogP contribution < -0.4 is 0 Å². The molecule has 0 amide bonds. The molecule has 29 heavy (non-hydrogen) atoms. The van der Waals surface area contributed by atoms with E-state index in [1.165, 1.54) is 32.1 Å². The van der Waals surface area contributed by atoms with Gasteiger partial charge in [0.25, 0.3) is 0 Å². The predicted molar refractivity (Wildman–Crippen MR) is 127 cm³/mol. The van der Waals surface area contributed by atoms with Crippen molar-refractivity contribution in [2.24, 2.45) is 58.2 Å². The summed E-state index contributed by atoms with van der Waals surface area (Å²) in [5, 5.41) is 0. The summed E-state index contributed by atoms with van der Waals surface area (Å²) in [7, 11) is 0. The van der Waals surface area contributed by atoms with Crippen LogP contribution in [0.25, 0.3) is 0 Å². The molecule has 0 saturated heterocycles. The zero-order chi connectivity index (χ0) is 20.8. The highest BCUT2D eigenvalue weighted by Crippen LogP contribution is 2.68. The second kappa shape index (κ2) is 8.50. The van der Waals surface area contributed by atoms with Gasteiger partial charge in [-0.3, -0.25) is 0 Å². The van der Waals surface area contributed by atoms with Crippen LogP contribution in [0.5, 0.6) is 0 Å². The number of fused-ring (bicyclic) bond motifs is 5. The lowest BCUT2D eigenvalue weighted by Gasteiger charge is -2.61. The number of rotatable bonds is 6. The first-order valence-electron chi connectivity index (χ1n) is 13.8. The van der Waals surface area contributed by atoms with Gasteiger partial charge in [0.1, 0.15) is 0 Å². The maximum absolute atomic E-state index is 2.76. The van der Waals surface area contributed by atoms with Gasteiger partial charge in [-0.05, 0) is 116 Å². The lowest BCUT2D eigenvalue weighted by molar-refractivity contribution is -0.114. The summed E-state index contributed by atoms with van der Waals surface area (Å²) < 4.78 is 0. The second-order valence-corrected chi connectivity index (χ2v) is 13.1. The van der Waals surface area contributed by atoms with Gasteiger partial charge in [0.05, 0.1) is 0 Å². The Morgan fingerprint density at radius 1 is 0.759 bits per heavy atom. The minimum atomic E-state index is 0.665. The van der Waals surface area contributed by atoms with Crippen LogP contribution in [-0.4, -0.2) is 0 Å². The third-order valence-corrected chi connectivity index (χ3v) is 11.8. The van der Waals surface area contributed by atoms with Gasteiger partial charge in [-0.2, -0.15) is 0 Å². The van der Waals surface area contributed by atoms with Gasteiger partial charge >= 0.3 is 0 Å². The first-order valence-corrected chi connectivity index (χ1v) is 13.8. The van der Waals surface area contributed by atoms with Crippen LogP contribution in [-0.2, 0) is 0 Å². The normalized spacial score (nSPS) is 46.7. The summed E-state index contributed by atoms with van der Waals surface area (Å²) in [6, 6.07) is 0. The third-order valence-electron chi connectivity index (χ3n) is 11.8. The highest BCUT2D eigenvalue weighted by Gasteiger charge is 2.60. The first-order chi connectivity index (χ1) is 13.8. The fraction of sp³-hybridized carbons (Fsp3) is 1.00. The van der Waals surface area contributed by atoms with Crippen molar-refractivity contribution in [3.63, 3.8) is 0 Å².